The summed E-state index contributed by atoms with van der Waals surface area (Å²) in [5.74, 6) is 1.04. The van der Waals surface area contributed by atoms with Gasteiger partial charge >= 0.3 is 0 Å². The molecule has 0 bridgehead atoms. The third-order valence-electron chi connectivity index (χ3n) is 6.60. The second-order valence-corrected chi connectivity index (χ2v) is 8.70. The molecule has 2 heterocycles. The van der Waals surface area contributed by atoms with E-state index in [0.29, 0.717) is 32.1 Å². The molecule has 1 saturated carbocycles. The SMILES string of the molecule is Cc1ccc(C(=O)C2CCN(C(=O)C3CCN(C(=O)C4CC4)CC3)CC2)cc1. The van der Waals surface area contributed by atoms with E-state index in [9.17, 15) is 14.4 Å². The Balaban J connectivity index is 1.25. The van der Waals surface area contributed by atoms with Gasteiger partial charge in [0.05, 0.1) is 0 Å². The molecule has 0 atom stereocenters. The molecule has 0 spiro atoms. The Bertz CT molecular complexity index is 738. The molecule has 2 saturated heterocycles. The molecule has 3 aliphatic rings. The van der Waals surface area contributed by atoms with Crippen LogP contribution in [0.1, 0.15) is 54.4 Å². The summed E-state index contributed by atoms with van der Waals surface area (Å²) in [5, 5.41) is 0. The van der Waals surface area contributed by atoms with Crippen LogP contribution in [0.4, 0.5) is 0 Å². The number of amides is 2. The predicted molar refractivity (Wildman–Crippen MR) is 107 cm³/mol. The number of likely N-dealkylation sites (tertiary alicyclic amines) is 2. The van der Waals surface area contributed by atoms with Gasteiger partial charge in [-0.05, 0) is 45.4 Å². The van der Waals surface area contributed by atoms with E-state index in [1.165, 1.54) is 0 Å². The van der Waals surface area contributed by atoms with E-state index in [4.69, 9.17) is 0 Å². The highest BCUT2D eigenvalue weighted by molar-refractivity contribution is 5.98. The lowest BCUT2D eigenvalue weighted by Crippen LogP contribution is -2.47. The third kappa shape index (κ3) is 4.13. The second kappa shape index (κ2) is 8.06. The summed E-state index contributed by atoms with van der Waals surface area (Å²) in [6.07, 6.45) is 5.12. The maximum absolute atomic E-state index is 12.9. The van der Waals surface area contributed by atoms with Gasteiger partial charge in [-0.15, -0.1) is 0 Å². The maximum Gasteiger partial charge on any atom is 0.225 e. The number of piperidine rings is 2. The average molecular weight is 383 g/mol. The lowest BCUT2D eigenvalue weighted by molar-refractivity contribution is -0.142. The van der Waals surface area contributed by atoms with E-state index < -0.39 is 0 Å². The first-order valence-electron chi connectivity index (χ1n) is 10.7. The smallest absolute Gasteiger partial charge is 0.225 e. The summed E-state index contributed by atoms with van der Waals surface area (Å²) in [6, 6.07) is 7.77. The predicted octanol–water partition coefficient (Wildman–Crippen LogP) is 3.06. The standard InChI is InChI=1S/C23H30N2O3/c1-16-2-4-17(5-3-16)21(26)18-8-12-24(13-9-18)23(28)20-10-14-25(15-11-20)22(27)19-6-7-19/h2-5,18-20H,6-15H2,1H3. The van der Waals surface area contributed by atoms with Crippen molar-refractivity contribution >= 4 is 17.6 Å². The van der Waals surface area contributed by atoms with Crippen molar-refractivity contribution in [3.8, 4) is 0 Å². The van der Waals surface area contributed by atoms with Gasteiger partial charge in [0, 0.05) is 49.5 Å². The van der Waals surface area contributed by atoms with Crippen LogP contribution in [0.5, 0.6) is 0 Å². The number of rotatable bonds is 4. The molecule has 150 valence electrons. The molecule has 0 radical (unpaired) electrons. The van der Waals surface area contributed by atoms with Gasteiger partial charge in [0.2, 0.25) is 11.8 Å². The summed E-state index contributed by atoms with van der Waals surface area (Å²) in [7, 11) is 0. The fraction of sp³-hybridized carbons (Fsp3) is 0.609. The van der Waals surface area contributed by atoms with Crippen molar-refractivity contribution in [1.82, 2.24) is 9.80 Å². The van der Waals surface area contributed by atoms with Crippen molar-refractivity contribution in [2.45, 2.75) is 45.4 Å². The van der Waals surface area contributed by atoms with Crippen molar-refractivity contribution in [3.63, 3.8) is 0 Å². The fourth-order valence-corrected chi connectivity index (χ4v) is 4.51. The van der Waals surface area contributed by atoms with Crippen molar-refractivity contribution in [2.75, 3.05) is 26.2 Å². The number of ketones is 1. The van der Waals surface area contributed by atoms with Crippen molar-refractivity contribution in [3.05, 3.63) is 35.4 Å². The number of aryl methyl sites for hydroxylation is 1. The Morgan fingerprint density at radius 1 is 0.679 bits per heavy atom. The molecule has 0 aromatic heterocycles. The van der Waals surface area contributed by atoms with Crippen molar-refractivity contribution in [1.29, 1.82) is 0 Å². The Kier molecular flexibility index (Phi) is 5.51. The normalized spacial score (nSPS) is 21.6. The molecule has 1 aliphatic carbocycles. The van der Waals surface area contributed by atoms with Gasteiger partial charge in [-0.3, -0.25) is 14.4 Å². The first-order chi connectivity index (χ1) is 13.5. The number of carbonyl (C=O) groups is 3. The molecule has 2 aliphatic heterocycles. The van der Waals surface area contributed by atoms with Crippen LogP contribution in [0.25, 0.3) is 0 Å². The van der Waals surface area contributed by atoms with Gasteiger partial charge in [0.15, 0.2) is 5.78 Å². The van der Waals surface area contributed by atoms with Crippen LogP contribution in [0.2, 0.25) is 0 Å². The third-order valence-corrected chi connectivity index (χ3v) is 6.60. The monoisotopic (exact) mass is 382 g/mol. The number of benzene rings is 1. The zero-order valence-corrected chi connectivity index (χ0v) is 16.7. The van der Waals surface area contributed by atoms with Gasteiger partial charge in [-0.1, -0.05) is 29.8 Å². The van der Waals surface area contributed by atoms with Crippen molar-refractivity contribution in [2.24, 2.45) is 17.8 Å². The summed E-state index contributed by atoms with van der Waals surface area (Å²) in [6.45, 7) is 4.79. The highest BCUT2D eigenvalue weighted by atomic mass is 16.2. The summed E-state index contributed by atoms with van der Waals surface area (Å²) < 4.78 is 0. The second-order valence-electron chi connectivity index (χ2n) is 8.70. The number of hydrogen-bond acceptors (Lipinski definition) is 3. The van der Waals surface area contributed by atoms with Crippen LogP contribution in [0.3, 0.4) is 0 Å². The van der Waals surface area contributed by atoms with Crippen molar-refractivity contribution < 1.29 is 14.4 Å². The molecule has 5 heteroatoms. The highest BCUT2D eigenvalue weighted by Crippen LogP contribution is 2.33. The lowest BCUT2D eigenvalue weighted by atomic mass is 9.87. The van der Waals surface area contributed by atoms with Gasteiger partial charge < -0.3 is 9.80 Å². The Morgan fingerprint density at radius 2 is 1.11 bits per heavy atom. The first kappa shape index (κ1) is 19.2. The molecule has 1 aromatic rings. The summed E-state index contributed by atoms with van der Waals surface area (Å²) in [5.41, 5.74) is 1.94. The molecule has 0 unspecified atom stereocenters. The zero-order valence-electron chi connectivity index (χ0n) is 16.7. The molecule has 3 fully saturated rings. The number of Topliss-reactive ketones (excluding diaryl/α,β-unsaturated/α-hetero) is 1. The zero-order chi connectivity index (χ0) is 19.7. The number of hydrogen-bond donors (Lipinski definition) is 0. The summed E-state index contributed by atoms with van der Waals surface area (Å²) in [4.78, 5) is 41.7. The van der Waals surface area contributed by atoms with Crippen LogP contribution in [-0.2, 0) is 9.59 Å². The molecule has 5 nitrogen and oxygen atoms in total. The molecule has 0 N–H and O–H groups in total. The quantitative estimate of drug-likeness (QED) is 0.752. The average Bonchev–Trinajstić information content (AvgIpc) is 3.58. The minimum absolute atomic E-state index is 0.0183. The van der Waals surface area contributed by atoms with E-state index >= 15 is 0 Å². The van der Waals surface area contributed by atoms with Gasteiger partial charge in [0.1, 0.15) is 0 Å². The minimum atomic E-state index is 0.0183. The Morgan fingerprint density at radius 3 is 1.57 bits per heavy atom. The van der Waals surface area contributed by atoms with Crippen LogP contribution in [0.15, 0.2) is 24.3 Å². The van der Waals surface area contributed by atoms with E-state index in [1.54, 1.807) is 0 Å². The molecule has 1 aromatic carbocycles. The van der Waals surface area contributed by atoms with Crippen LogP contribution in [0, 0.1) is 24.7 Å². The van der Waals surface area contributed by atoms with E-state index in [0.717, 1.165) is 49.7 Å². The lowest BCUT2D eigenvalue weighted by Gasteiger charge is -2.37. The van der Waals surface area contributed by atoms with Gasteiger partial charge in [-0.2, -0.15) is 0 Å². The highest BCUT2D eigenvalue weighted by Gasteiger charge is 2.37. The topological polar surface area (TPSA) is 57.7 Å². The number of carbonyl (C=O) groups excluding carboxylic acids is 3. The van der Waals surface area contributed by atoms with Crippen LogP contribution >= 0.6 is 0 Å². The molecule has 4 rings (SSSR count). The Hall–Kier alpha value is -2.17. The molecule has 2 amide bonds. The minimum Gasteiger partial charge on any atom is -0.342 e. The van der Waals surface area contributed by atoms with Gasteiger partial charge in [-0.25, -0.2) is 0 Å². The van der Waals surface area contributed by atoms with Crippen LogP contribution in [-0.4, -0.2) is 53.6 Å². The van der Waals surface area contributed by atoms with E-state index in [1.807, 2.05) is 41.0 Å². The fourth-order valence-electron chi connectivity index (χ4n) is 4.51. The molecule has 28 heavy (non-hydrogen) atoms. The van der Waals surface area contributed by atoms with Gasteiger partial charge in [0.25, 0.3) is 0 Å². The van der Waals surface area contributed by atoms with Crippen LogP contribution < -0.4 is 0 Å². The van der Waals surface area contributed by atoms with E-state index in [-0.39, 0.29) is 29.4 Å². The molecular weight excluding hydrogens is 352 g/mol. The largest absolute Gasteiger partial charge is 0.342 e. The molecular formula is C23H30N2O3. The first-order valence-corrected chi connectivity index (χ1v) is 10.7. The Labute approximate surface area is 167 Å². The maximum atomic E-state index is 12.9. The van der Waals surface area contributed by atoms with E-state index in [2.05, 4.69) is 0 Å². The summed E-state index contributed by atoms with van der Waals surface area (Å²) >= 11 is 0. The number of nitrogens with zero attached hydrogens (tertiary/aromatic N) is 2.